The van der Waals surface area contributed by atoms with Crippen LogP contribution in [0.25, 0.3) is 6.08 Å². The lowest BCUT2D eigenvalue weighted by Crippen LogP contribution is -2.30. The van der Waals surface area contributed by atoms with E-state index in [0.717, 1.165) is 14.9 Å². The lowest BCUT2D eigenvalue weighted by Gasteiger charge is -2.11. The first-order chi connectivity index (χ1) is 12.9. The highest BCUT2D eigenvalue weighted by molar-refractivity contribution is 9.10. The van der Waals surface area contributed by atoms with E-state index in [9.17, 15) is 9.59 Å². The van der Waals surface area contributed by atoms with Gasteiger partial charge in [-0.3, -0.25) is 9.69 Å². The largest absolute Gasteiger partial charge is 0.491 e. The van der Waals surface area contributed by atoms with E-state index in [1.165, 1.54) is 6.08 Å². The van der Waals surface area contributed by atoms with Gasteiger partial charge in [0.15, 0.2) is 5.75 Å². The molecular weight excluding hydrogens is 455 g/mol. The Labute approximate surface area is 175 Å². The van der Waals surface area contributed by atoms with Crippen LogP contribution in [0.15, 0.2) is 46.6 Å². The van der Waals surface area contributed by atoms with E-state index in [1.54, 1.807) is 12.1 Å². The molecule has 1 aliphatic heterocycles. The minimum atomic E-state index is -0.475. The molecule has 2 aromatic carbocycles. The molecule has 1 aliphatic rings. The summed E-state index contributed by atoms with van der Waals surface area (Å²) in [6.45, 7) is 2.44. The molecule has 140 valence electrons. The van der Waals surface area contributed by atoms with Crippen LogP contribution in [-0.2, 0) is 11.3 Å². The average molecular weight is 470 g/mol. The van der Waals surface area contributed by atoms with Crippen molar-refractivity contribution in [3.8, 4) is 5.75 Å². The number of rotatable bonds is 5. The lowest BCUT2D eigenvalue weighted by molar-refractivity contribution is -0.123. The van der Waals surface area contributed by atoms with Gasteiger partial charge in [0.1, 0.15) is 5.70 Å². The van der Waals surface area contributed by atoms with Crippen LogP contribution in [0.5, 0.6) is 5.75 Å². The Morgan fingerprint density at radius 2 is 1.78 bits per heavy atom. The van der Waals surface area contributed by atoms with Crippen LogP contribution in [0.1, 0.15) is 18.1 Å². The highest BCUT2D eigenvalue weighted by Crippen LogP contribution is 2.35. The van der Waals surface area contributed by atoms with Crippen molar-refractivity contribution in [1.82, 2.24) is 10.2 Å². The van der Waals surface area contributed by atoms with Crippen molar-refractivity contribution in [3.63, 3.8) is 0 Å². The molecule has 0 radical (unpaired) electrons. The predicted octanol–water partition coefficient (Wildman–Crippen LogP) is 5.25. The van der Waals surface area contributed by atoms with Crippen molar-refractivity contribution in [1.29, 1.82) is 0 Å². The number of ether oxygens (including phenoxy) is 1. The van der Waals surface area contributed by atoms with Crippen LogP contribution >= 0.6 is 39.1 Å². The molecule has 5 nitrogen and oxygen atoms in total. The van der Waals surface area contributed by atoms with Gasteiger partial charge < -0.3 is 10.1 Å². The van der Waals surface area contributed by atoms with Gasteiger partial charge in [0.25, 0.3) is 5.91 Å². The molecule has 0 aliphatic carbocycles. The Kier molecular flexibility index (Phi) is 6.09. The topological polar surface area (TPSA) is 58.6 Å². The Morgan fingerprint density at radius 3 is 2.37 bits per heavy atom. The number of imide groups is 1. The third kappa shape index (κ3) is 4.46. The van der Waals surface area contributed by atoms with Crippen LogP contribution in [0, 0.1) is 0 Å². The van der Waals surface area contributed by atoms with Gasteiger partial charge in [-0.1, -0.05) is 51.3 Å². The first kappa shape index (κ1) is 19.7. The molecule has 1 saturated heterocycles. The zero-order chi connectivity index (χ0) is 19.6. The predicted molar refractivity (Wildman–Crippen MR) is 109 cm³/mol. The molecule has 1 fully saturated rings. The summed E-state index contributed by atoms with van der Waals surface area (Å²) in [7, 11) is 0. The zero-order valence-electron chi connectivity index (χ0n) is 14.3. The second-order valence-corrected chi connectivity index (χ2v) is 7.48. The molecule has 1 heterocycles. The minimum Gasteiger partial charge on any atom is -0.491 e. The molecular formula is C19H15BrCl2N2O3. The monoisotopic (exact) mass is 468 g/mol. The van der Waals surface area contributed by atoms with Crippen molar-refractivity contribution >= 4 is 57.1 Å². The summed E-state index contributed by atoms with van der Waals surface area (Å²) in [6, 6.07) is 10.2. The van der Waals surface area contributed by atoms with E-state index in [1.807, 2.05) is 31.2 Å². The second-order valence-electron chi connectivity index (χ2n) is 5.75. The fourth-order valence-corrected chi connectivity index (χ4v) is 3.48. The van der Waals surface area contributed by atoms with E-state index in [2.05, 4.69) is 21.2 Å². The number of urea groups is 1. The van der Waals surface area contributed by atoms with E-state index in [0.29, 0.717) is 28.0 Å². The van der Waals surface area contributed by atoms with Gasteiger partial charge in [0, 0.05) is 4.47 Å². The summed E-state index contributed by atoms with van der Waals surface area (Å²) in [5.41, 5.74) is 1.59. The summed E-state index contributed by atoms with van der Waals surface area (Å²) in [5, 5.41) is 3.25. The SMILES string of the molecule is CCOc1c(Cl)cc(/C=C2/NC(=O)N(Cc3ccc(Br)cc3)C2=O)cc1Cl. The molecule has 0 unspecified atom stereocenters. The summed E-state index contributed by atoms with van der Waals surface area (Å²) >= 11 is 15.7. The number of carbonyl (C=O) groups is 2. The number of hydrogen-bond acceptors (Lipinski definition) is 3. The number of benzene rings is 2. The normalized spacial score (nSPS) is 15.4. The first-order valence-corrected chi connectivity index (χ1v) is 9.64. The Balaban J connectivity index is 1.82. The molecule has 0 spiro atoms. The van der Waals surface area contributed by atoms with Gasteiger partial charge in [0.2, 0.25) is 0 Å². The van der Waals surface area contributed by atoms with Gasteiger partial charge in [-0.05, 0) is 48.4 Å². The molecule has 0 aromatic heterocycles. The van der Waals surface area contributed by atoms with Crippen molar-refractivity contribution in [3.05, 3.63) is 67.7 Å². The van der Waals surface area contributed by atoms with Crippen LogP contribution in [0.3, 0.4) is 0 Å². The highest BCUT2D eigenvalue weighted by Gasteiger charge is 2.33. The maximum Gasteiger partial charge on any atom is 0.329 e. The summed E-state index contributed by atoms with van der Waals surface area (Å²) in [5.74, 6) is -0.0225. The molecule has 1 N–H and O–H groups in total. The smallest absolute Gasteiger partial charge is 0.329 e. The lowest BCUT2D eigenvalue weighted by atomic mass is 10.1. The summed E-state index contributed by atoms with van der Waals surface area (Å²) < 4.78 is 6.31. The molecule has 0 atom stereocenters. The number of nitrogens with one attached hydrogen (secondary N) is 1. The van der Waals surface area contributed by atoms with E-state index in [-0.39, 0.29) is 12.2 Å². The van der Waals surface area contributed by atoms with Gasteiger partial charge in [-0.2, -0.15) is 0 Å². The number of hydrogen-bond donors (Lipinski definition) is 1. The first-order valence-electron chi connectivity index (χ1n) is 8.10. The second kappa shape index (κ2) is 8.33. The third-order valence-corrected chi connectivity index (χ3v) is 4.93. The van der Waals surface area contributed by atoms with Gasteiger partial charge in [-0.25, -0.2) is 4.79 Å². The fourth-order valence-electron chi connectivity index (χ4n) is 2.60. The standard InChI is InChI=1S/C19H15BrCl2N2O3/c1-2-27-17-14(21)7-12(8-15(17)22)9-16-18(25)24(19(26)23-16)10-11-3-5-13(20)6-4-11/h3-9H,2,10H2,1H3,(H,23,26)/b16-9+. The number of amides is 3. The Morgan fingerprint density at radius 1 is 1.15 bits per heavy atom. The van der Waals surface area contributed by atoms with Crippen LogP contribution in [-0.4, -0.2) is 23.4 Å². The molecule has 0 bridgehead atoms. The number of halogens is 3. The zero-order valence-corrected chi connectivity index (χ0v) is 17.4. The number of carbonyl (C=O) groups excluding carboxylic acids is 2. The van der Waals surface area contributed by atoms with Crippen molar-refractivity contribution in [2.45, 2.75) is 13.5 Å². The maximum absolute atomic E-state index is 12.6. The molecule has 2 aromatic rings. The van der Waals surface area contributed by atoms with Crippen molar-refractivity contribution in [2.24, 2.45) is 0 Å². The highest BCUT2D eigenvalue weighted by atomic mass is 79.9. The Bertz CT molecular complexity index is 906. The molecule has 3 amide bonds. The molecule has 3 rings (SSSR count). The van der Waals surface area contributed by atoms with E-state index < -0.39 is 11.9 Å². The Hall–Kier alpha value is -2.02. The molecule has 8 heteroatoms. The van der Waals surface area contributed by atoms with Crippen LogP contribution in [0.4, 0.5) is 4.79 Å². The van der Waals surface area contributed by atoms with Gasteiger partial charge >= 0.3 is 6.03 Å². The molecule has 27 heavy (non-hydrogen) atoms. The fraction of sp³-hybridized carbons (Fsp3) is 0.158. The third-order valence-electron chi connectivity index (χ3n) is 3.84. The average Bonchev–Trinajstić information content (AvgIpc) is 2.87. The summed E-state index contributed by atoms with van der Waals surface area (Å²) in [4.78, 5) is 26.0. The van der Waals surface area contributed by atoms with Crippen molar-refractivity contribution < 1.29 is 14.3 Å². The maximum atomic E-state index is 12.6. The van der Waals surface area contributed by atoms with Crippen molar-refractivity contribution in [2.75, 3.05) is 6.61 Å². The number of nitrogens with zero attached hydrogens (tertiary/aromatic N) is 1. The van der Waals surface area contributed by atoms with Crippen LogP contribution < -0.4 is 10.1 Å². The van der Waals surface area contributed by atoms with Gasteiger partial charge in [0.05, 0.1) is 23.2 Å². The van der Waals surface area contributed by atoms with E-state index in [4.69, 9.17) is 27.9 Å². The minimum absolute atomic E-state index is 0.161. The van der Waals surface area contributed by atoms with E-state index >= 15 is 0 Å². The molecule has 0 saturated carbocycles. The summed E-state index contributed by atoms with van der Waals surface area (Å²) in [6.07, 6.45) is 1.54. The van der Waals surface area contributed by atoms with Gasteiger partial charge in [-0.15, -0.1) is 0 Å². The van der Waals surface area contributed by atoms with Crippen LogP contribution in [0.2, 0.25) is 10.0 Å². The quantitative estimate of drug-likeness (QED) is 0.480.